The van der Waals surface area contributed by atoms with Crippen LogP contribution in [-0.4, -0.2) is 10.7 Å². The quantitative estimate of drug-likeness (QED) is 0.707. The Bertz CT molecular complexity index is 394. The van der Waals surface area contributed by atoms with Crippen LogP contribution in [0.25, 0.3) is 0 Å². The van der Waals surface area contributed by atoms with Gasteiger partial charge in [-0.3, -0.25) is 0 Å². The molecule has 0 unspecified atom stereocenters. The van der Waals surface area contributed by atoms with Gasteiger partial charge in [0.25, 0.3) is 0 Å². The van der Waals surface area contributed by atoms with Gasteiger partial charge >= 0.3 is 0 Å². The van der Waals surface area contributed by atoms with Crippen LogP contribution < -0.4 is 4.74 Å². The topological polar surface area (TPSA) is 29.5 Å². The molecule has 1 heterocycles. The van der Waals surface area contributed by atoms with Crippen LogP contribution in [0.15, 0.2) is 12.1 Å². The van der Waals surface area contributed by atoms with Gasteiger partial charge in [-0.1, -0.05) is 11.6 Å². The van der Waals surface area contributed by atoms with Crippen LogP contribution in [0.1, 0.15) is 43.1 Å². The molecule has 15 heavy (non-hydrogen) atoms. The third kappa shape index (κ3) is 1.86. The second-order valence-corrected chi connectivity index (χ2v) is 5.08. The van der Waals surface area contributed by atoms with Gasteiger partial charge < -0.3 is 9.84 Å². The lowest BCUT2D eigenvalue weighted by Gasteiger charge is -2.36. The zero-order valence-corrected chi connectivity index (χ0v) is 9.79. The Balaban J connectivity index is 2.55. The Kier molecular flexibility index (Phi) is 2.27. The molecular weight excluding hydrogens is 188 g/mol. The number of aliphatic hydroxyl groups excluding tert-OH is 1. The molecule has 2 nitrogen and oxygen atoms in total. The van der Waals surface area contributed by atoms with Crippen molar-refractivity contribution < 1.29 is 9.84 Å². The third-order valence-corrected chi connectivity index (χ3v) is 2.87. The molecule has 0 amide bonds. The average Bonchev–Trinajstić information content (AvgIpc) is 2.06. The summed E-state index contributed by atoms with van der Waals surface area (Å²) in [5, 5.41) is 10.1. The van der Waals surface area contributed by atoms with Crippen LogP contribution in [0.3, 0.4) is 0 Å². The third-order valence-electron chi connectivity index (χ3n) is 2.87. The lowest BCUT2D eigenvalue weighted by atomic mass is 9.89. The van der Waals surface area contributed by atoms with E-state index in [1.165, 1.54) is 5.56 Å². The van der Waals surface area contributed by atoms with Crippen LogP contribution in [0.2, 0.25) is 0 Å². The molecule has 2 heteroatoms. The fraction of sp³-hybridized carbons (Fsp3) is 0.538. The van der Waals surface area contributed by atoms with Crippen molar-refractivity contribution >= 4 is 0 Å². The number of rotatable bonds is 0. The van der Waals surface area contributed by atoms with Crippen LogP contribution in [-0.2, 0) is 0 Å². The smallest absolute Gasteiger partial charge is 0.128 e. The van der Waals surface area contributed by atoms with Crippen molar-refractivity contribution in [1.82, 2.24) is 0 Å². The summed E-state index contributed by atoms with van der Waals surface area (Å²) in [4.78, 5) is 0. The fourth-order valence-corrected chi connectivity index (χ4v) is 2.27. The predicted molar refractivity (Wildman–Crippen MR) is 60.2 cm³/mol. The molecule has 0 fully saturated rings. The monoisotopic (exact) mass is 206 g/mol. The molecule has 82 valence electrons. The van der Waals surface area contributed by atoms with E-state index in [4.69, 9.17) is 4.74 Å². The minimum atomic E-state index is -0.401. The largest absolute Gasteiger partial charge is 0.487 e. The molecule has 0 aromatic heterocycles. The second kappa shape index (κ2) is 3.24. The maximum Gasteiger partial charge on any atom is 0.128 e. The maximum atomic E-state index is 10.1. The van der Waals surface area contributed by atoms with E-state index >= 15 is 0 Å². The van der Waals surface area contributed by atoms with Gasteiger partial charge in [0.15, 0.2) is 0 Å². The van der Waals surface area contributed by atoms with E-state index in [9.17, 15) is 5.11 Å². The van der Waals surface area contributed by atoms with E-state index in [1.807, 2.05) is 33.8 Å². The van der Waals surface area contributed by atoms with E-state index in [-0.39, 0.29) is 5.60 Å². The van der Waals surface area contributed by atoms with E-state index in [2.05, 4.69) is 6.07 Å². The molecule has 0 spiro atoms. The highest BCUT2D eigenvalue weighted by molar-refractivity contribution is 5.46. The summed E-state index contributed by atoms with van der Waals surface area (Å²) in [6, 6.07) is 4.11. The minimum Gasteiger partial charge on any atom is -0.487 e. The fourth-order valence-electron chi connectivity index (χ4n) is 2.27. The Morgan fingerprint density at radius 3 is 2.67 bits per heavy atom. The van der Waals surface area contributed by atoms with Crippen molar-refractivity contribution in [3.05, 3.63) is 28.8 Å². The van der Waals surface area contributed by atoms with Gasteiger partial charge in [-0.2, -0.15) is 0 Å². The molecule has 0 aliphatic carbocycles. The number of fused-ring (bicyclic) bond motifs is 1. The summed E-state index contributed by atoms with van der Waals surface area (Å²) in [6.07, 6.45) is 0.255. The first-order chi connectivity index (χ1) is 6.89. The molecule has 0 saturated carbocycles. The van der Waals surface area contributed by atoms with Crippen molar-refractivity contribution in [2.75, 3.05) is 0 Å². The van der Waals surface area contributed by atoms with Crippen molar-refractivity contribution in [3.8, 4) is 5.75 Å². The molecule has 2 rings (SSSR count). The summed E-state index contributed by atoms with van der Waals surface area (Å²) >= 11 is 0. The summed E-state index contributed by atoms with van der Waals surface area (Å²) in [5.41, 5.74) is 2.95. The second-order valence-electron chi connectivity index (χ2n) is 5.08. The first kappa shape index (κ1) is 10.5. The number of aryl methyl sites for hydroxylation is 2. The van der Waals surface area contributed by atoms with Gasteiger partial charge in [-0.25, -0.2) is 0 Å². The Labute approximate surface area is 90.9 Å². The number of hydrogen-bond donors (Lipinski definition) is 1. The van der Waals surface area contributed by atoms with Gasteiger partial charge in [0.05, 0.1) is 6.10 Å². The van der Waals surface area contributed by atoms with Gasteiger partial charge in [0.2, 0.25) is 0 Å². The molecule has 1 N–H and O–H groups in total. The summed E-state index contributed by atoms with van der Waals surface area (Å²) < 4.78 is 5.92. The number of hydrogen-bond acceptors (Lipinski definition) is 2. The van der Waals surface area contributed by atoms with E-state index in [0.717, 1.165) is 16.9 Å². The molecule has 0 bridgehead atoms. The zero-order chi connectivity index (χ0) is 11.2. The summed E-state index contributed by atoms with van der Waals surface area (Å²) in [7, 11) is 0. The van der Waals surface area contributed by atoms with Gasteiger partial charge in [0, 0.05) is 12.0 Å². The Morgan fingerprint density at radius 1 is 1.33 bits per heavy atom. The Hall–Kier alpha value is -1.02. The van der Waals surface area contributed by atoms with Crippen LogP contribution >= 0.6 is 0 Å². The van der Waals surface area contributed by atoms with Crippen LogP contribution in [0, 0.1) is 13.8 Å². The predicted octanol–water partition coefficient (Wildman–Crippen LogP) is 2.90. The van der Waals surface area contributed by atoms with Crippen LogP contribution in [0.5, 0.6) is 5.75 Å². The van der Waals surface area contributed by atoms with Crippen molar-refractivity contribution in [2.45, 2.75) is 45.8 Å². The lowest BCUT2D eigenvalue weighted by Crippen LogP contribution is -2.35. The summed E-state index contributed by atoms with van der Waals surface area (Å²) in [5.74, 6) is 0.865. The van der Waals surface area contributed by atoms with E-state index < -0.39 is 6.10 Å². The van der Waals surface area contributed by atoms with Crippen LogP contribution in [0.4, 0.5) is 0 Å². The van der Waals surface area contributed by atoms with E-state index in [1.54, 1.807) is 0 Å². The van der Waals surface area contributed by atoms with Gasteiger partial charge in [-0.05, 0) is 39.3 Å². The molecule has 1 aromatic carbocycles. The summed E-state index contributed by atoms with van der Waals surface area (Å²) in [6.45, 7) is 8.09. The van der Waals surface area contributed by atoms with Gasteiger partial charge in [-0.15, -0.1) is 0 Å². The molecule has 0 radical (unpaired) electrons. The zero-order valence-electron chi connectivity index (χ0n) is 9.79. The number of benzene rings is 1. The standard InChI is InChI=1S/C13H18O2/c1-8-5-9(2)12-10(6-8)11(14)7-13(3,4)15-12/h5-6,11,14H,7H2,1-4H3/t11-/m0/s1. The highest BCUT2D eigenvalue weighted by Crippen LogP contribution is 2.41. The van der Waals surface area contributed by atoms with Crippen molar-refractivity contribution in [2.24, 2.45) is 0 Å². The first-order valence-electron chi connectivity index (χ1n) is 5.37. The molecule has 1 aliphatic rings. The number of aliphatic hydroxyl groups is 1. The SMILES string of the molecule is Cc1cc(C)c2c(c1)[C@@H](O)CC(C)(C)O2. The average molecular weight is 206 g/mol. The highest BCUT2D eigenvalue weighted by Gasteiger charge is 2.33. The van der Waals surface area contributed by atoms with Gasteiger partial charge in [0.1, 0.15) is 11.4 Å². The Morgan fingerprint density at radius 2 is 2.00 bits per heavy atom. The van der Waals surface area contributed by atoms with Crippen molar-refractivity contribution in [3.63, 3.8) is 0 Å². The first-order valence-corrected chi connectivity index (χ1v) is 5.37. The molecule has 1 atom stereocenters. The lowest BCUT2D eigenvalue weighted by molar-refractivity contribution is 0.0108. The highest BCUT2D eigenvalue weighted by atomic mass is 16.5. The molecule has 1 aromatic rings. The number of ether oxygens (including phenoxy) is 1. The molecule has 1 aliphatic heterocycles. The minimum absolute atomic E-state index is 0.271. The molecule has 0 saturated heterocycles. The maximum absolute atomic E-state index is 10.1. The molecular formula is C13H18O2. The normalized spacial score (nSPS) is 23.1. The van der Waals surface area contributed by atoms with Crippen molar-refractivity contribution in [1.29, 1.82) is 0 Å². The van der Waals surface area contributed by atoms with E-state index in [0.29, 0.717) is 6.42 Å².